The molecule has 2 unspecified atom stereocenters. The quantitative estimate of drug-likeness (QED) is 0.857. The van der Waals surface area contributed by atoms with Crippen molar-refractivity contribution >= 4 is 17.5 Å². The molecule has 1 aromatic rings. The Morgan fingerprint density at radius 3 is 2.76 bits per heavy atom. The van der Waals surface area contributed by atoms with Gasteiger partial charge in [-0.25, -0.2) is 0 Å². The Bertz CT molecular complexity index is 391. The molecule has 0 radical (unpaired) electrons. The Balaban J connectivity index is 1.82. The molecule has 0 aromatic heterocycles. The second-order valence-electron chi connectivity index (χ2n) is 4.60. The summed E-state index contributed by atoms with van der Waals surface area (Å²) in [4.78, 5) is 11.1. The van der Waals surface area contributed by atoms with Crippen molar-refractivity contribution in [3.63, 3.8) is 0 Å². The van der Waals surface area contributed by atoms with Gasteiger partial charge >= 0.3 is 0 Å². The average molecular weight is 253 g/mol. The van der Waals surface area contributed by atoms with Gasteiger partial charge in [-0.2, -0.15) is 0 Å². The highest BCUT2D eigenvalue weighted by atomic mass is 35.5. The molecule has 0 bridgehead atoms. The minimum Gasteiger partial charge on any atom is -0.354 e. The maximum absolute atomic E-state index is 11.1. The minimum atomic E-state index is 0.140. The van der Waals surface area contributed by atoms with Crippen molar-refractivity contribution in [3.05, 3.63) is 34.9 Å². The number of nitrogens with one attached hydrogen (secondary N) is 2. The molecule has 1 amide bonds. The van der Waals surface area contributed by atoms with Gasteiger partial charge in [0.05, 0.1) is 0 Å². The topological polar surface area (TPSA) is 41.1 Å². The SMILES string of the molecule is CC(Cc1ccc(Cl)cc1)NC1CNC(=O)C1. The van der Waals surface area contributed by atoms with Crippen LogP contribution < -0.4 is 10.6 Å². The van der Waals surface area contributed by atoms with Crippen molar-refractivity contribution in [1.82, 2.24) is 10.6 Å². The van der Waals surface area contributed by atoms with Crippen molar-refractivity contribution < 1.29 is 4.79 Å². The first-order chi connectivity index (χ1) is 8.13. The summed E-state index contributed by atoms with van der Waals surface area (Å²) < 4.78 is 0. The maximum Gasteiger partial charge on any atom is 0.221 e. The summed E-state index contributed by atoms with van der Waals surface area (Å²) in [5.41, 5.74) is 1.26. The van der Waals surface area contributed by atoms with Crippen LogP contribution in [0.2, 0.25) is 5.02 Å². The van der Waals surface area contributed by atoms with Gasteiger partial charge in [0.15, 0.2) is 0 Å². The van der Waals surface area contributed by atoms with E-state index in [1.807, 2.05) is 24.3 Å². The highest BCUT2D eigenvalue weighted by Gasteiger charge is 2.22. The lowest BCUT2D eigenvalue weighted by atomic mass is 10.1. The Labute approximate surface area is 107 Å². The maximum atomic E-state index is 11.1. The molecule has 17 heavy (non-hydrogen) atoms. The fourth-order valence-corrected chi connectivity index (χ4v) is 2.28. The molecular weight excluding hydrogens is 236 g/mol. The van der Waals surface area contributed by atoms with E-state index in [4.69, 9.17) is 11.6 Å². The summed E-state index contributed by atoms with van der Waals surface area (Å²) in [5.74, 6) is 0.140. The lowest BCUT2D eigenvalue weighted by Gasteiger charge is -2.18. The molecule has 1 heterocycles. The number of carbonyl (C=O) groups is 1. The number of benzene rings is 1. The third kappa shape index (κ3) is 3.72. The number of rotatable bonds is 4. The monoisotopic (exact) mass is 252 g/mol. The van der Waals surface area contributed by atoms with E-state index in [-0.39, 0.29) is 11.9 Å². The molecule has 1 aliphatic rings. The molecule has 2 rings (SSSR count). The Morgan fingerprint density at radius 1 is 1.47 bits per heavy atom. The van der Waals surface area contributed by atoms with E-state index in [0.717, 1.165) is 18.0 Å². The Hall–Kier alpha value is -1.06. The zero-order chi connectivity index (χ0) is 12.3. The van der Waals surface area contributed by atoms with E-state index in [2.05, 4.69) is 17.6 Å². The molecule has 92 valence electrons. The summed E-state index contributed by atoms with van der Waals surface area (Å²) in [5, 5.41) is 7.05. The Morgan fingerprint density at radius 2 is 2.18 bits per heavy atom. The summed E-state index contributed by atoms with van der Waals surface area (Å²) in [7, 11) is 0. The number of amides is 1. The van der Waals surface area contributed by atoms with Crippen molar-refractivity contribution in [2.75, 3.05) is 6.54 Å². The largest absolute Gasteiger partial charge is 0.354 e. The molecule has 2 N–H and O–H groups in total. The standard InChI is InChI=1S/C13H17ClN2O/c1-9(16-12-7-13(17)15-8-12)6-10-2-4-11(14)5-3-10/h2-5,9,12,16H,6-8H2,1H3,(H,15,17). The summed E-state index contributed by atoms with van der Waals surface area (Å²) in [6.45, 7) is 2.88. The van der Waals surface area contributed by atoms with E-state index < -0.39 is 0 Å². The molecule has 4 heteroatoms. The molecule has 0 spiro atoms. The van der Waals surface area contributed by atoms with Crippen LogP contribution >= 0.6 is 11.6 Å². The van der Waals surface area contributed by atoms with Crippen LogP contribution in [-0.2, 0) is 11.2 Å². The van der Waals surface area contributed by atoms with E-state index in [9.17, 15) is 4.79 Å². The second kappa shape index (κ2) is 5.52. The van der Waals surface area contributed by atoms with Crippen molar-refractivity contribution in [2.45, 2.75) is 31.8 Å². The van der Waals surface area contributed by atoms with Crippen LogP contribution in [0, 0.1) is 0 Å². The molecule has 1 fully saturated rings. The molecule has 0 aliphatic carbocycles. The third-order valence-corrected chi connectivity index (χ3v) is 3.20. The van der Waals surface area contributed by atoms with Crippen LogP contribution in [0.15, 0.2) is 24.3 Å². The lowest BCUT2D eigenvalue weighted by molar-refractivity contribution is -0.119. The van der Waals surface area contributed by atoms with E-state index >= 15 is 0 Å². The van der Waals surface area contributed by atoms with Crippen LogP contribution in [0.3, 0.4) is 0 Å². The fourth-order valence-electron chi connectivity index (χ4n) is 2.16. The van der Waals surface area contributed by atoms with Crippen molar-refractivity contribution in [3.8, 4) is 0 Å². The van der Waals surface area contributed by atoms with E-state index in [1.165, 1.54) is 5.56 Å². The molecule has 1 saturated heterocycles. The molecule has 0 saturated carbocycles. The highest BCUT2D eigenvalue weighted by Crippen LogP contribution is 2.11. The number of carbonyl (C=O) groups excluding carboxylic acids is 1. The zero-order valence-electron chi connectivity index (χ0n) is 9.87. The summed E-state index contributed by atoms with van der Waals surface area (Å²) in [6, 6.07) is 8.52. The Kier molecular flexibility index (Phi) is 4.02. The first-order valence-corrected chi connectivity index (χ1v) is 6.28. The van der Waals surface area contributed by atoms with E-state index in [0.29, 0.717) is 12.5 Å². The highest BCUT2D eigenvalue weighted by molar-refractivity contribution is 6.30. The van der Waals surface area contributed by atoms with Crippen molar-refractivity contribution in [2.24, 2.45) is 0 Å². The lowest BCUT2D eigenvalue weighted by Crippen LogP contribution is -2.38. The van der Waals surface area contributed by atoms with E-state index in [1.54, 1.807) is 0 Å². The molecule has 3 nitrogen and oxygen atoms in total. The van der Waals surface area contributed by atoms with Crippen LogP contribution in [0.1, 0.15) is 18.9 Å². The van der Waals surface area contributed by atoms with Gasteiger partial charge in [0.2, 0.25) is 5.91 Å². The summed E-state index contributed by atoms with van der Waals surface area (Å²) in [6.07, 6.45) is 1.53. The van der Waals surface area contributed by atoms with Crippen LogP contribution in [0.4, 0.5) is 0 Å². The van der Waals surface area contributed by atoms with Gasteiger partial charge in [0.1, 0.15) is 0 Å². The molecule has 2 atom stereocenters. The molecule has 1 aromatic carbocycles. The van der Waals surface area contributed by atoms with Crippen LogP contribution in [-0.4, -0.2) is 24.5 Å². The van der Waals surface area contributed by atoms with Gasteiger partial charge in [-0.05, 0) is 31.0 Å². The average Bonchev–Trinajstić information content (AvgIpc) is 2.67. The van der Waals surface area contributed by atoms with Gasteiger partial charge < -0.3 is 10.6 Å². The normalized spacial score (nSPS) is 21.3. The number of hydrogen-bond donors (Lipinski definition) is 2. The third-order valence-electron chi connectivity index (χ3n) is 2.95. The fraction of sp³-hybridized carbons (Fsp3) is 0.462. The number of hydrogen-bond acceptors (Lipinski definition) is 2. The van der Waals surface area contributed by atoms with Gasteiger partial charge in [-0.3, -0.25) is 4.79 Å². The number of halogens is 1. The first-order valence-electron chi connectivity index (χ1n) is 5.90. The van der Waals surface area contributed by atoms with Gasteiger partial charge in [0, 0.05) is 30.1 Å². The van der Waals surface area contributed by atoms with Gasteiger partial charge in [0.25, 0.3) is 0 Å². The summed E-state index contributed by atoms with van der Waals surface area (Å²) >= 11 is 5.84. The van der Waals surface area contributed by atoms with Crippen LogP contribution in [0.25, 0.3) is 0 Å². The van der Waals surface area contributed by atoms with Crippen molar-refractivity contribution in [1.29, 1.82) is 0 Å². The first kappa shape index (κ1) is 12.4. The zero-order valence-corrected chi connectivity index (χ0v) is 10.6. The van der Waals surface area contributed by atoms with Gasteiger partial charge in [-0.1, -0.05) is 23.7 Å². The van der Waals surface area contributed by atoms with Crippen LogP contribution in [0.5, 0.6) is 0 Å². The predicted octanol–water partition coefficient (Wildman–Crippen LogP) is 1.75. The minimum absolute atomic E-state index is 0.140. The smallest absolute Gasteiger partial charge is 0.221 e. The molecule has 1 aliphatic heterocycles. The van der Waals surface area contributed by atoms with Gasteiger partial charge in [-0.15, -0.1) is 0 Å². The molecular formula is C13H17ClN2O. The second-order valence-corrected chi connectivity index (χ2v) is 5.04. The predicted molar refractivity (Wildman–Crippen MR) is 69.2 cm³/mol.